The Hall–Kier alpha value is -3.12. The molecule has 0 radical (unpaired) electrons. The van der Waals surface area contributed by atoms with Crippen LogP contribution in [0.5, 0.6) is 11.5 Å². The maximum Gasteiger partial charge on any atom is 0.132 e. The fourth-order valence-corrected chi connectivity index (χ4v) is 4.37. The predicted octanol–water partition coefficient (Wildman–Crippen LogP) is 6.89. The van der Waals surface area contributed by atoms with Crippen LogP contribution in [0.2, 0.25) is 0 Å². The molecule has 0 unspecified atom stereocenters. The van der Waals surface area contributed by atoms with Gasteiger partial charge in [-0.3, -0.25) is 0 Å². The van der Waals surface area contributed by atoms with Crippen molar-refractivity contribution in [1.29, 1.82) is 0 Å². The van der Waals surface area contributed by atoms with Crippen molar-refractivity contribution in [2.75, 3.05) is 32.3 Å². The van der Waals surface area contributed by atoms with E-state index in [1.165, 1.54) is 25.0 Å². The highest BCUT2D eigenvalue weighted by molar-refractivity contribution is 5.51. The van der Waals surface area contributed by atoms with E-state index >= 15 is 8.78 Å². The van der Waals surface area contributed by atoms with Gasteiger partial charge >= 0.3 is 0 Å². The summed E-state index contributed by atoms with van der Waals surface area (Å²) in [7, 11) is 3.24. The lowest BCUT2D eigenvalue weighted by Crippen LogP contribution is -2.29. The number of hydrogen-bond donors (Lipinski definition) is 0. The predicted molar refractivity (Wildman–Crippen MR) is 139 cm³/mol. The molecule has 0 saturated heterocycles. The molecule has 0 amide bonds. The van der Waals surface area contributed by atoms with Crippen LogP contribution in [0, 0.1) is 17.6 Å². The second kappa shape index (κ2) is 11.3. The quantitative estimate of drug-likeness (QED) is 0.274. The molecule has 0 aliphatic heterocycles. The first-order chi connectivity index (χ1) is 17.3. The molecule has 1 saturated carbocycles. The Kier molecular flexibility index (Phi) is 8.14. The zero-order chi connectivity index (χ0) is 25.7. The van der Waals surface area contributed by atoms with Gasteiger partial charge in [-0.05, 0) is 66.3 Å². The fraction of sp³-hybridized carbons (Fsp3) is 0.400. The summed E-state index contributed by atoms with van der Waals surface area (Å²) in [6, 6.07) is 18.3. The number of benzene rings is 3. The van der Waals surface area contributed by atoms with E-state index in [2.05, 4.69) is 0 Å². The standard InChI is InChI=1S/C30H35F2NO3/c1-30(2,20-36-19-23-5-6-23)29-27(31)15-24(16-28(29)32)33(17-21-7-11-25(34-3)12-8-21)18-22-9-13-26(35-4)14-10-22/h7-16,23H,5-6,17-20H2,1-4H3. The molecule has 4 rings (SSSR count). The van der Waals surface area contributed by atoms with Gasteiger partial charge in [-0.25, -0.2) is 8.78 Å². The van der Waals surface area contributed by atoms with E-state index in [0.29, 0.717) is 31.3 Å². The zero-order valence-electron chi connectivity index (χ0n) is 21.5. The summed E-state index contributed by atoms with van der Waals surface area (Å²) in [5.41, 5.74) is 1.77. The first-order valence-corrected chi connectivity index (χ1v) is 12.4. The van der Waals surface area contributed by atoms with Gasteiger partial charge in [0.25, 0.3) is 0 Å². The molecular weight excluding hydrogens is 460 g/mol. The molecule has 0 bridgehead atoms. The number of hydrogen-bond acceptors (Lipinski definition) is 4. The van der Waals surface area contributed by atoms with Gasteiger partial charge in [0.15, 0.2) is 0 Å². The molecule has 0 atom stereocenters. The Morgan fingerprint density at radius 2 is 1.28 bits per heavy atom. The number of ether oxygens (including phenoxy) is 3. The summed E-state index contributed by atoms with van der Waals surface area (Å²) in [6.45, 7) is 5.53. The average molecular weight is 496 g/mol. The zero-order valence-corrected chi connectivity index (χ0v) is 21.5. The number of anilines is 1. The smallest absolute Gasteiger partial charge is 0.132 e. The van der Waals surface area contributed by atoms with Crippen LogP contribution in [0.15, 0.2) is 60.7 Å². The van der Waals surface area contributed by atoms with Crippen molar-refractivity contribution in [3.63, 3.8) is 0 Å². The maximum atomic E-state index is 15.5. The summed E-state index contributed by atoms with van der Waals surface area (Å²) >= 11 is 0. The largest absolute Gasteiger partial charge is 0.497 e. The minimum absolute atomic E-state index is 0.0656. The summed E-state index contributed by atoms with van der Waals surface area (Å²) in [4.78, 5) is 1.97. The van der Waals surface area contributed by atoms with Gasteiger partial charge in [-0.15, -0.1) is 0 Å². The lowest BCUT2D eigenvalue weighted by atomic mass is 9.84. The summed E-state index contributed by atoms with van der Waals surface area (Å²) in [5, 5.41) is 0. The highest BCUT2D eigenvalue weighted by Gasteiger charge is 2.31. The molecule has 4 nitrogen and oxygen atoms in total. The van der Waals surface area contributed by atoms with Gasteiger partial charge in [0.1, 0.15) is 23.1 Å². The van der Waals surface area contributed by atoms with E-state index < -0.39 is 17.0 Å². The number of nitrogens with zero attached hydrogens (tertiary/aromatic N) is 1. The minimum Gasteiger partial charge on any atom is -0.497 e. The highest BCUT2D eigenvalue weighted by atomic mass is 19.1. The van der Waals surface area contributed by atoms with Gasteiger partial charge in [0.2, 0.25) is 0 Å². The van der Waals surface area contributed by atoms with Crippen molar-refractivity contribution < 1.29 is 23.0 Å². The molecule has 3 aromatic carbocycles. The Balaban J connectivity index is 1.60. The van der Waals surface area contributed by atoms with E-state index in [1.807, 2.05) is 67.3 Å². The van der Waals surface area contributed by atoms with Crippen LogP contribution >= 0.6 is 0 Å². The lowest BCUT2D eigenvalue weighted by molar-refractivity contribution is 0.0842. The van der Waals surface area contributed by atoms with Crippen LogP contribution in [0.1, 0.15) is 43.4 Å². The van der Waals surface area contributed by atoms with Gasteiger partial charge in [0, 0.05) is 36.4 Å². The van der Waals surface area contributed by atoms with Gasteiger partial charge in [0.05, 0.1) is 20.8 Å². The van der Waals surface area contributed by atoms with Crippen LogP contribution in [0.25, 0.3) is 0 Å². The summed E-state index contributed by atoms with van der Waals surface area (Å²) in [6.07, 6.45) is 2.35. The first-order valence-electron chi connectivity index (χ1n) is 12.4. The van der Waals surface area contributed by atoms with Crippen molar-refractivity contribution in [1.82, 2.24) is 0 Å². The molecule has 1 aliphatic carbocycles. The molecule has 1 aliphatic rings. The van der Waals surface area contributed by atoms with Crippen LogP contribution in [0.3, 0.4) is 0 Å². The third-order valence-corrected chi connectivity index (χ3v) is 6.65. The third kappa shape index (κ3) is 6.55. The summed E-state index contributed by atoms with van der Waals surface area (Å²) in [5.74, 6) is 1.00. The molecule has 0 aromatic heterocycles. The molecule has 0 spiro atoms. The lowest BCUT2D eigenvalue weighted by Gasteiger charge is -2.29. The van der Waals surface area contributed by atoms with E-state index in [1.54, 1.807) is 14.2 Å². The van der Waals surface area contributed by atoms with Crippen molar-refractivity contribution in [2.24, 2.45) is 5.92 Å². The highest BCUT2D eigenvalue weighted by Crippen LogP contribution is 2.35. The number of halogens is 2. The van der Waals surface area contributed by atoms with Crippen molar-refractivity contribution >= 4 is 5.69 Å². The van der Waals surface area contributed by atoms with E-state index in [-0.39, 0.29) is 12.2 Å². The van der Waals surface area contributed by atoms with Crippen molar-refractivity contribution in [3.8, 4) is 11.5 Å². The van der Waals surface area contributed by atoms with Crippen molar-refractivity contribution in [3.05, 3.63) is 89.0 Å². The molecule has 0 N–H and O–H groups in total. The monoisotopic (exact) mass is 495 g/mol. The van der Waals surface area contributed by atoms with Crippen LogP contribution in [0.4, 0.5) is 14.5 Å². The molecule has 36 heavy (non-hydrogen) atoms. The Morgan fingerprint density at radius 1 is 0.806 bits per heavy atom. The maximum absolute atomic E-state index is 15.5. The second-order valence-corrected chi connectivity index (χ2v) is 10.2. The normalized spacial score (nSPS) is 13.5. The van der Waals surface area contributed by atoms with Crippen LogP contribution < -0.4 is 14.4 Å². The SMILES string of the molecule is COc1ccc(CN(Cc2ccc(OC)cc2)c2cc(F)c(C(C)(C)COCC3CC3)c(F)c2)cc1. The van der Waals surface area contributed by atoms with Crippen molar-refractivity contribution in [2.45, 2.75) is 45.2 Å². The Labute approximate surface area is 212 Å². The van der Waals surface area contributed by atoms with E-state index in [9.17, 15) is 0 Å². The number of methoxy groups -OCH3 is 2. The first kappa shape index (κ1) is 26.0. The van der Waals surface area contributed by atoms with Gasteiger partial charge in [-0.2, -0.15) is 0 Å². The fourth-order valence-electron chi connectivity index (χ4n) is 4.37. The van der Waals surface area contributed by atoms with E-state index in [4.69, 9.17) is 14.2 Å². The minimum atomic E-state index is -0.779. The van der Waals surface area contributed by atoms with Gasteiger partial charge in [-0.1, -0.05) is 38.1 Å². The second-order valence-electron chi connectivity index (χ2n) is 10.2. The Bertz CT molecular complexity index is 1070. The molecule has 6 heteroatoms. The van der Waals surface area contributed by atoms with Crippen LogP contribution in [-0.4, -0.2) is 27.4 Å². The van der Waals surface area contributed by atoms with Crippen LogP contribution in [-0.2, 0) is 23.2 Å². The topological polar surface area (TPSA) is 30.9 Å². The molecule has 192 valence electrons. The Morgan fingerprint density at radius 3 is 1.69 bits per heavy atom. The van der Waals surface area contributed by atoms with E-state index in [0.717, 1.165) is 22.6 Å². The molecule has 3 aromatic rings. The number of rotatable bonds is 12. The average Bonchev–Trinajstić information content (AvgIpc) is 3.68. The van der Waals surface area contributed by atoms with Gasteiger partial charge < -0.3 is 19.1 Å². The molecule has 0 heterocycles. The summed E-state index contributed by atoms with van der Waals surface area (Å²) < 4.78 is 47.3. The molecular formula is C30H35F2NO3. The third-order valence-electron chi connectivity index (χ3n) is 6.65. The molecule has 1 fully saturated rings.